The minimum Gasteiger partial charge on any atom is -0.480 e. The van der Waals surface area contributed by atoms with E-state index in [1.807, 2.05) is 4.90 Å². The molecule has 76 valence electrons. The fraction of sp³-hybridized carbons (Fsp3) is 0.875. The van der Waals surface area contributed by atoms with E-state index in [9.17, 15) is 4.79 Å². The smallest absolute Gasteiger partial charge is 0.317 e. The SMILES string of the molecule is NCC[NH+]1CCCN(CC(=O)O)C1. The molecule has 0 amide bonds. The number of hydrogen-bond acceptors (Lipinski definition) is 3. The maximum absolute atomic E-state index is 10.5. The van der Waals surface area contributed by atoms with Gasteiger partial charge in [-0.3, -0.25) is 4.79 Å². The number of nitrogens with one attached hydrogen (secondary N) is 1. The molecule has 0 aromatic heterocycles. The third-order valence-electron chi connectivity index (χ3n) is 2.31. The Morgan fingerprint density at radius 1 is 1.62 bits per heavy atom. The van der Waals surface area contributed by atoms with Crippen LogP contribution < -0.4 is 10.6 Å². The van der Waals surface area contributed by atoms with E-state index in [1.54, 1.807) is 0 Å². The summed E-state index contributed by atoms with van der Waals surface area (Å²) in [6.07, 6.45) is 1.07. The molecule has 0 spiro atoms. The van der Waals surface area contributed by atoms with E-state index < -0.39 is 5.97 Å². The highest BCUT2D eigenvalue weighted by molar-refractivity contribution is 5.69. The summed E-state index contributed by atoms with van der Waals surface area (Å²) in [5.41, 5.74) is 5.45. The van der Waals surface area contributed by atoms with Crippen LogP contribution >= 0.6 is 0 Å². The molecule has 1 unspecified atom stereocenters. The standard InChI is InChI=1S/C8H17N3O2/c9-2-5-10-3-1-4-11(7-10)6-8(12)13/h1-7,9H2,(H,12,13)/p+1. The van der Waals surface area contributed by atoms with Crippen molar-refractivity contribution in [1.29, 1.82) is 0 Å². The van der Waals surface area contributed by atoms with Gasteiger partial charge >= 0.3 is 5.97 Å². The summed E-state index contributed by atoms with van der Waals surface area (Å²) >= 11 is 0. The summed E-state index contributed by atoms with van der Waals surface area (Å²) in [6, 6.07) is 0. The Labute approximate surface area is 78.1 Å². The summed E-state index contributed by atoms with van der Waals surface area (Å²) in [5, 5.41) is 8.61. The van der Waals surface area contributed by atoms with E-state index in [1.165, 1.54) is 4.90 Å². The summed E-state index contributed by atoms with van der Waals surface area (Å²) in [7, 11) is 0. The lowest BCUT2D eigenvalue weighted by Crippen LogP contribution is -3.15. The second kappa shape index (κ2) is 5.16. The number of carbonyl (C=O) groups is 1. The number of hydrogen-bond donors (Lipinski definition) is 3. The Morgan fingerprint density at radius 3 is 3.00 bits per heavy atom. The molecule has 5 nitrogen and oxygen atoms in total. The van der Waals surface area contributed by atoms with Crippen molar-refractivity contribution in [2.24, 2.45) is 5.73 Å². The van der Waals surface area contributed by atoms with Crippen LogP contribution in [0, 0.1) is 0 Å². The number of nitrogens with two attached hydrogens (primary N) is 1. The number of aliphatic carboxylic acids is 1. The molecular weight excluding hydrogens is 170 g/mol. The average molecular weight is 188 g/mol. The molecule has 0 aromatic carbocycles. The van der Waals surface area contributed by atoms with E-state index in [2.05, 4.69) is 0 Å². The van der Waals surface area contributed by atoms with Crippen molar-refractivity contribution in [1.82, 2.24) is 4.90 Å². The van der Waals surface area contributed by atoms with Gasteiger partial charge in [-0.15, -0.1) is 0 Å². The van der Waals surface area contributed by atoms with E-state index in [0.29, 0.717) is 6.54 Å². The quantitative estimate of drug-likeness (QED) is 0.459. The zero-order valence-corrected chi connectivity index (χ0v) is 7.83. The zero-order valence-electron chi connectivity index (χ0n) is 7.83. The molecule has 0 aromatic rings. The highest BCUT2D eigenvalue weighted by atomic mass is 16.4. The van der Waals surface area contributed by atoms with Crippen LogP contribution in [-0.4, -0.2) is 55.4 Å². The van der Waals surface area contributed by atoms with Crippen molar-refractivity contribution >= 4 is 5.97 Å². The van der Waals surface area contributed by atoms with Crippen LogP contribution in [0.4, 0.5) is 0 Å². The van der Waals surface area contributed by atoms with Crippen LogP contribution in [0.5, 0.6) is 0 Å². The molecule has 5 heteroatoms. The molecule has 0 radical (unpaired) electrons. The second-order valence-corrected chi connectivity index (χ2v) is 3.50. The fourth-order valence-corrected chi connectivity index (χ4v) is 1.76. The lowest BCUT2D eigenvalue weighted by Gasteiger charge is -2.31. The molecule has 13 heavy (non-hydrogen) atoms. The van der Waals surface area contributed by atoms with Crippen LogP contribution in [0.15, 0.2) is 0 Å². The van der Waals surface area contributed by atoms with Crippen LogP contribution in [-0.2, 0) is 4.79 Å². The van der Waals surface area contributed by atoms with Gasteiger partial charge in [-0.05, 0) is 0 Å². The number of carboxylic acid groups (broad SMARTS) is 1. The number of nitrogens with zero attached hydrogens (tertiary/aromatic N) is 1. The first-order valence-electron chi connectivity index (χ1n) is 4.70. The Hall–Kier alpha value is -0.650. The lowest BCUT2D eigenvalue weighted by molar-refractivity contribution is -0.914. The van der Waals surface area contributed by atoms with Crippen LogP contribution in [0.1, 0.15) is 6.42 Å². The van der Waals surface area contributed by atoms with Gasteiger partial charge in [0.25, 0.3) is 0 Å². The predicted molar refractivity (Wildman–Crippen MR) is 48.4 cm³/mol. The van der Waals surface area contributed by atoms with Gasteiger partial charge in [0.1, 0.15) is 13.2 Å². The third kappa shape index (κ3) is 3.71. The molecule has 1 rings (SSSR count). The third-order valence-corrected chi connectivity index (χ3v) is 2.31. The highest BCUT2D eigenvalue weighted by Crippen LogP contribution is 1.91. The van der Waals surface area contributed by atoms with Crippen LogP contribution in [0.25, 0.3) is 0 Å². The molecule has 1 atom stereocenters. The van der Waals surface area contributed by atoms with Gasteiger partial charge in [0.05, 0.1) is 13.1 Å². The summed E-state index contributed by atoms with van der Waals surface area (Å²) in [5.74, 6) is -0.742. The van der Waals surface area contributed by atoms with Crippen molar-refractivity contribution in [3.63, 3.8) is 0 Å². The maximum Gasteiger partial charge on any atom is 0.317 e. The molecule has 0 aliphatic carbocycles. The average Bonchev–Trinajstić information content (AvgIpc) is 2.04. The summed E-state index contributed by atoms with van der Waals surface area (Å²) < 4.78 is 0. The Balaban J connectivity index is 2.28. The van der Waals surface area contributed by atoms with Gasteiger partial charge in [-0.1, -0.05) is 0 Å². The molecular formula is C8H18N3O2+. The number of carboxylic acids is 1. The molecule has 0 bridgehead atoms. The van der Waals surface area contributed by atoms with Gasteiger partial charge in [0.2, 0.25) is 0 Å². The van der Waals surface area contributed by atoms with Gasteiger partial charge in [-0.2, -0.15) is 0 Å². The normalized spacial score (nSPS) is 24.5. The van der Waals surface area contributed by atoms with Crippen molar-refractivity contribution in [2.45, 2.75) is 6.42 Å². The van der Waals surface area contributed by atoms with Crippen LogP contribution in [0.2, 0.25) is 0 Å². The first-order chi connectivity index (χ1) is 6.22. The topological polar surface area (TPSA) is 71.0 Å². The van der Waals surface area contributed by atoms with Crippen LogP contribution in [0.3, 0.4) is 0 Å². The van der Waals surface area contributed by atoms with Crippen molar-refractivity contribution in [3.8, 4) is 0 Å². The largest absolute Gasteiger partial charge is 0.480 e. The molecule has 1 heterocycles. The van der Waals surface area contributed by atoms with Crippen molar-refractivity contribution in [3.05, 3.63) is 0 Å². The summed E-state index contributed by atoms with van der Waals surface area (Å²) in [6.45, 7) is 4.62. The van der Waals surface area contributed by atoms with E-state index in [-0.39, 0.29) is 6.54 Å². The maximum atomic E-state index is 10.5. The monoisotopic (exact) mass is 188 g/mol. The predicted octanol–water partition coefficient (Wildman–Crippen LogP) is -2.42. The Bertz CT molecular complexity index is 173. The number of quaternary nitrogens is 1. The molecule has 1 fully saturated rings. The molecule has 1 aliphatic rings. The molecule has 1 aliphatic heterocycles. The molecule has 1 saturated heterocycles. The minimum absolute atomic E-state index is 0.161. The Morgan fingerprint density at radius 2 is 2.38 bits per heavy atom. The fourth-order valence-electron chi connectivity index (χ4n) is 1.76. The van der Waals surface area contributed by atoms with Gasteiger partial charge in [0.15, 0.2) is 0 Å². The molecule has 4 N–H and O–H groups in total. The first-order valence-corrected chi connectivity index (χ1v) is 4.70. The number of rotatable bonds is 4. The van der Waals surface area contributed by atoms with E-state index in [4.69, 9.17) is 10.8 Å². The lowest BCUT2D eigenvalue weighted by atomic mass is 10.3. The first kappa shape index (κ1) is 10.4. The molecule has 0 saturated carbocycles. The van der Waals surface area contributed by atoms with E-state index >= 15 is 0 Å². The van der Waals surface area contributed by atoms with Gasteiger partial charge in [-0.25, -0.2) is 4.90 Å². The zero-order chi connectivity index (χ0) is 9.68. The highest BCUT2D eigenvalue weighted by Gasteiger charge is 2.21. The minimum atomic E-state index is -0.742. The van der Waals surface area contributed by atoms with Gasteiger partial charge in [0, 0.05) is 19.5 Å². The van der Waals surface area contributed by atoms with Crippen molar-refractivity contribution in [2.75, 3.05) is 39.4 Å². The van der Waals surface area contributed by atoms with Gasteiger partial charge < -0.3 is 15.7 Å². The Kier molecular flexibility index (Phi) is 4.14. The van der Waals surface area contributed by atoms with Crippen molar-refractivity contribution < 1.29 is 14.8 Å². The second-order valence-electron chi connectivity index (χ2n) is 3.50. The summed E-state index contributed by atoms with van der Waals surface area (Å²) in [4.78, 5) is 13.8. The van der Waals surface area contributed by atoms with E-state index in [0.717, 1.165) is 32.7 Å².